The average Bonchev–Trinajstić information content (AvgIpc) is 2.35. The number of halogens is 1. The Bertz CT molecular complexity index is 606. The molecule has 4 heteroatoms. The lowest BCUT2D eigenvalue weighted by molar-refractivity contribution is 0.626. The maximum Gasteiger partial charge on any atom is 0.207 e. The molecule has 0 N–H and O–H groups in total. The highest BCUT2D eigenvalue weighted by atomic mass is 19.1. The van der Waals surface area contributed by atoms with E-state index in [9.17, 15) is 4.39 Å². The van der Waals surface area contributed by atoms with Crippen LogP contribution in [0.15, 0.2) is 53.7 Å². The standard InChI is InChI=1S/C13H10FN3/c14-12-6-4-11(5-7-12)9-17-8-2-1-3-13(17)16-10-15/h1-8H,9H2/b16-13+. The van der Waals surface area contributed by atoms with Crippen LogP contribution in [-0.4, -0.2) is 4.57 Å². The van der Waals surface area contributed by atoms with Crippen LogP contribution in [0.1, 0.15) is 5.56 Å². The highest BCUT2D eigenvalue weighted by molar-refractivity contribution is 5.16. The fraction of sp³-hybridized carbons (Fsp3) is 0.0769. The van der Waals surface area contributed by atoms with Crippen molar-refractivity contribution < 1.29 is 4.39 Å². The monoisotopic (exact) mass is 227 g/mol. The molecule has 3 nitrogen and oxygen atoms in total. The Morgan fingerprint density at radius 3 is 2.65 bits per heavy atom. The maximum absolute atomic E-state index is 12.8. The third kappa shape index (κ3) is 2.79. The largest absolute Gasteiger partial charge is 0.328 e. The van der Waals surface area contributed by atoms with Gasteiger partial charge in [-0.25, -0.2) is 4.39 Å². The van der Waals surface area contributed by atoms with E-state index in [0.29, 0.717) is 12.0 Å². The van der Waals surface area contributed by atoms with E-state index in [1.165, 1.54) is 12.1 Å². The quantitative estimate of drug-likeness (QED) is 0.724. The van der Waals surface area contributed by atoms with Gasteiger partial charge < -0.3 is 4.57 Å². The highest BCUT2D eigenvalue weighted by Crippen LogP contribution is 2.03. The molecule has 17 heavy (non-hydrogen) atoms. The summed E-state index contributed by atoms with van der Waals surface area (Å²) in [6, 6.07) is 11.7. The van der Waals surface area contributed by atoms with Crippen LogP contribution in [0.4, 0.5) is 4.39 Å². The van der Waals surface area contributed by atoms with Gasteiger partial charge in [0.05, 0.1) is 0 Å². The number of benzene rings is 1. The SMILES string of the molecule is N#C/N=c1\ccccn1Cc1ccc(F)cc1. The third-order valence-electron chi connectivity index (χ3n) is 2.35. The van der Waals surface area contributed by atoms with Crippen LogP contribution in [-0.2, 0) is 6.54 Å². The molecule has 0 atom stereocenters. The van der Waals surface area contributed by atoms with Crippen molar-refractivity contribution in [3.63, 3.8) is 0 Å². The Hall–Kier alpha value is -2.41. The highest BCUT2D eigenvalue weighted by Gasteiger charge is 1.96. The van der Waals surface area contributed by atoms with Crippen molar-refractivity contribution in [1.29, 1.82) is 5.26 Å². The Labute approximate surface area is 98.1 Å². The minimum Gasteiger partial charge on any atom is -0.328 e. The second-order valence-corrected chi connectivity index (χ2v) is 3.53. The summed E-state index contributed by atoms with van der Waals surface area (Å²) in [4.78, 5) is 3.71. The van der Waals surface area contributed by atoms with E-state index in [2.05, 4.69) is 4.99 Å². The lowest BCUT2D eigenvalue weighted by Crippen LogP contribution is -2.19. The van der Waals surface area contributed by atoms with Gasteiger partial charge in [-0.1, -0.05) is 18.2 Å². The molecule has 0 unspecified atom stereocenters. The molecule has 0 radical (unpaired) electrons. The molecular formula is C13H10FN3. The van der Waals surface area contributed by atoms with Crippen molar-refractivity contribution in [3.05, 3.63) is 65.5 Å². The lowest BCUT2D eigenvalue weighted by atomic mass is 10.2. The Morgan fingerprint density at radius 2 is 1.94 bits per heavy atom. The molecule has 0 aliphatic heterocycles. The summed E-state index contributed by atoms with van der Waals surface area (Å²) in [5.74, 6) is -0.256. The van der Waals surface area contributed by atoms with Crippen molar-refractivity contribution in [3.8, 4) is 6.19 Å². The minimum atomic E-state index is -0.256. The van der Waals surface area contributed by atoms with Crippen molar-refractivity contribution in [2.24, 2.45) is 4.99 Å². The van der Waals surface area contributed by atoms with E-state index in [4.69, 9.17) is 5.26 Å². The zero-order valence-electron chi connectivity index (χ0n) is 9.05. The fourth-order valence-electron chi connectivity index (χ4n) is 1.54. The van der Waals surface area contributed by atoms with Crippen LogP contribution < -0.4 is 5.49 Å². The minimum absolute atomic E-state index is 0.256. The number of aromatic nitrogens is 1. The Morgan fingerprint density at radius 1 is 1.18 bits per heavy atom. The van der Waals surface area contributed by atoms with Crippen LogP contribution in [0.3, 0.4) is 0 Å². The number of pyridine rings is 1. The van der Waals surface area contributed by atoms with E-state index in [1.807, 2.05) is 22.9 Å². The van der Waals surface area contributed by atoms with Gasteiger partial charge in [-0.2, -0.15) is 10.3 Å². The van der Waals surface area contributed by atoms with E-state index in [0.717, 1.165) is 5.56 Å². The normalized spacial score (nSPS) is 11.2. The third-order valence-corrected chi connectivity index (χ3v) is 2.35. The zero-order chi connectivity index (χ0) is 12.1. The van der Waals surface area contributed by atoms with Crippen LogP contribution in [0, 0.1) is 17.3 Å². The maximum atomic E-state index is 12.8. The van der Waals surface area contributed by atoms with Gasteiger partial charge >= 0.3 is 0 Å². The van der Waals surface area contributed by atoms with Crippen LogP contribution in [0.5, 0.6) is 0 Å². The van der Waals surface area contributed by atoms with Gasteiger partial charge in [-0.05, 0) is 29.8 Å². The summed E-state index contributed by atoms with van der Waals surface area (Å²) in [7, 11) is 0. The molecule has 0 aliphatic carbocycles. The fourth-order valence-corrected chi connectivity index (χ4v) is 1.54. The molecule has 84 valence electrons. The Balaban J connectivity index is 2.34. The number of hydrogen-bond donors (Lipinski definition) is 0. The van der Waals surface area contributed by atoms with Crippen molar-refractivity contribution >= 4 is 0 Å². The molecular weight excluding hydrogens is 217 g/mol. The topological polar surface area (TPSA) is 41.1 Å². The second kappa shape index (κ2) is 5.08. The predicted octanol–water partition coefficient (Wildman–Crippen LogP) is 2.06. The summed E-state index contributed by atoms with van der Waals surface area (Å²) in [5.41, 5.74) is 1.54. The molecule has 0 fully saturated rings. The van der Waals surface area contributed by atoms with E-state index in [-0.39, 0.29) is 5.82 Å². The van der Waals surface area contributed by atoms with Gasteiger partial charge in [0.1, 0.15) is 11.3 Å². The van der Waals surface area contributed by atoms with Crippen LogP contribution >= 0.6 is 0 Å². The van der Waals surface area contributed by atoms with Gasteiger partial charge in [-0.15, -0.1) is 0 Å². The average molecular weight is 227 g/mol. The summed E-state index contributed by atoms with van der Waals surface area (Å²) < 4.78 is 14.6. The first-order chi connectivity index (χ1) is 8.29. The Kier molecular flexibility index (Phi) is 3.31. The molecule has 0 spiro atoms. The molecule has 0 amide bonds. The summed E-state index contributed by atoms with van der Waals surface area (Å²) >= 11 is 0. The summed E-state index contributed by atoms with van der Waals surface area (Å²) in [6.45, 7) is 0.557. The molecule has 2 aromatic rings. The predicted molar refractivity (Wildman–Crippen MR) is 61.1 cm³/mol. The first-order valence-corrected chi connectivity index (χ1v) is 5.12. The number of rotatable bonds is 2. The first-order valence-electron chi connectivity index (χ1n) is 5.12. The van der Waals surface area contributed by atoms with Crippen molar-refractivity contribution in [1.82, 2.24) is 4.57 Å². The van der Waals surface area contributed by atoms with Crippen LogP contribution in [0.2, 0.25) is 0 Å². The number of nitriles is 1. The van der Waals surface area contributed by atoms with Gasteiger partial charge in [0.2, 0.25) is 6.19 Å². The van der Waals surface area contributed by atoms with E-state index in [1.54, 1.807) is 24.4 Å². The van der Waals surface area contributed by atoms with Crippen LogP contribution in [0.25, 0.3) is 0 Å². The molecule has 2 rings (SSSR count). The van der Waals surface area contributed by atoms with Crippen molar-refractivity contribution in [2.75, 3.05) is 0 Å². The summed E-state index contributed by atoms with van der Waals surface area (Å²) in [6.07, 6.45) is 3.60. The van der Waals surface area contributed by atoms with Gasteiger partial charge in [0.15, 0.2) is 0 Å². The molecule has 1 aromatic carbocycles. The zero-order valence-corrected chi connectivity index (χ0v) is 9.05. The molecule has 1 aromatic heterocycles. The lowest BCUT2D eigenvalue weighted by Gasteiger charge is -2.06. The van der Waals surface area contributed by atoms with Gasteiger partial charge in [0, 0.05) is 12.7 Å². The van der Waals surface area contributed by atoms with Gasteiger partial charge in [0.25, 0.3) is 0 Å². The van der Waals surface area contributed by atoms with Crippen molar-refractivity contribution in [2.45, 2.75) is 6.54 Å². The molecule has 0 bridgehead atoms. The molecule has 0 saturated carbocycles. The molecule has 0 aliphatic rings. The van der Waals surface area contributed by atoms with E-state index >= 15 is 0 Å². The first kappa shape index (κ1) is 11.1. The smallest absolute Gasteiger partial charge is 0.207 e. The molecule has 1 heterocycles. The molecule has 0 saturated heterocycles. The van der Waals surface area contributed by atoms with E-state index < -0.39 is 0 Å². The number of nitrogens with zero attached hydrogens (tertiary/aromatic N) is 3. The van der Waals surface area contributed by atoms with Gasteiger partial charge in [-0.3, -0.25) is 0 Å². The number of hydrogen-bond acceptors (Lipinski definition) is 2. The second-order valence-electron chi connectivity index (χ2n) is 3.53. The summed E-state index contributed by atoms with van der Waals surface area (Å²) in [5, 5.41) is 8.57.